The zero-order valence-electron chi connectivity index (χ0n) is 6.00. The fraction of sp³-hybridized carbons (Fsp3) is 0.667. The molecule has 0 unspecified atom stereocenters. The summed E-state index contributed by atoms with van der Waals surface area (Å²) in [6, 6.07) is 1.94. The minimum Gasteiger partial charge on any atom is -0.329 e. The molecule has 0 aromatic carbocycles. The second kappa shape index (κ2) is 4.77. The molecule has 56 valence electrons. The van der Waals surface area contributed by atoms with Crippen LogP contribution in [0.2, 0.25) is 0 Å². The van der Waals surface area contributed by atoms with Crippen LogP contribution in [0.4, 0.5) is 0 Å². The topological polar surface area (TPSA) is 70.1 Å². The maximum atomic E-state index is 10.6. The lowest BCUT2D eigenvalue weighted by molar-refractivity contribution is -0.128. The molecule has 0 aromatic heterocycles. The van der Waals surface area contributed by atoms with E-state index in [4.69, 9.17) is 11.0 Å². The van der Waals surface area contributed by atoms with Gasteiger partial charge in [-0.25, -0.2) is 0 Å². The monoisotopic (exact) mass is 141 g/mol. The van der Waals surface area contributed by atoms with Crippen molar-refractivity contribution in [2.75, 3.05) is 13.2 Å². The molecular formula is C6H11N3O. The van der Waals surface area contributed by atoms with E-state index in [2.05, 4.69) is 0 Å². The summed E-state index contributed by atoms with van der Waals surface area (Å²) in [5, 5.41) is 8.16. The van der Waals surface area contributed by atoms with Gasteiger partial charge >= 0.3 is 0 Å². The highest BCUT2D eigenvalue weighted by Gasteiger charge is 2.03. The zero-order valence-corrected chi connectivity index (χ0v) is 6.00. The standard InChI is InChI=1S/C6H11N3O/c1-6(10)9(5-8)4-2-3-7/h2,4-5,8H2,1H3. The van der Waals surface area contributed by atoms with E-state index in [1.54, 1.807) is 0 Å². The minimum atomic E-state index is -0.0854. The van der Waals surface area contributed by atoms with Crippen molar-refractivity contribution in [2.45, 2.75) is 13.3 Å². The molecule has 0 aromatic rings. The Morgan fingerprint density at radius 1 is 1.80 bits per heavy atom. The first-order chi connectivity index (χ1) is 4.72. The first-order valence-electron chi connectivity index (χ1n) is 3.05. The molecule has 4 nitrogen and oxygen atoms in total. The van der Waals surface area contributed by atoms with Gasteiger partial charge in [0.15, 0.2) is 0 Å². The summed E-state index contributed by atoms with van der Waals surface area (Å²) in [6.07, 6.45) is 0.344. The molecule has 0 saturated carbocycles. The van der Waals surface area contributed by atoms with Crippen LogP contribution in [0.3, 0.4) is 0 Å². The number of carbonyl (C=O) groups is 1. The molecule has 0 aliphatic heterocycles. The zero-order chi connectivity index (χ0) is 7.98. The average Bonchev–Trinajstić information content (AvgIpc) is 1.89. The van der Waals surface area contributed by atoms with Gasteiger partial charge in [-0.3, -0.25) is 4.79 Å². The van der Waals surface area contributed by atoms with Crippen molar-refractivity contribution in [1.82, 2.24) is 4.90 Å². The fourth-order valence-corrected chi connectivity index (χ4v) is 0.562. The van der Waals surface area contributed by atoms with Crippen LogP contribution in [0.1, 0.15) is 13.3 Å². The molecule has 0 spiro atoms. The highest BCUT2D eigenvalue weighted by molar-refractivity contribution is 5.73. The highest BCUT2D eigenvalue weighted by Crippen LogP contribution is 1.87. The number of hydrogen-bond acceptors (Lipinski definition) is 3. The summed E-state index contributed by atoms with van der Waals surface area (Å²) < 4.78 is 0. The number of nitriles is 1. The lowest BCUT2D eigenvalue weighted by atomic mass is 10.4. The van der Waals surface area contributed by atoms with Crippen molar-refractivity contribution in [2.24, 2.45) is 5.73 Å². The molecule has 2 N–H and O–H groups in total. The van der Waals surface area contributed by atoms with Crippen molar-refractivity contribution in [3.63, 3.8) is 0 Å². The Balaban J connectivity index is 3.63. The molecule has 0 radical (unpaired) electrons. The van der Waals surface area contributed by atoms with E-state index in [0.717, 1.165) is 0 Å². The van der Waals surface area contributed by atoms with E-state index < -0.39 is 0 Å². The Morgan fingerprint density at radius 2 is 2.40 bits per heavy atom. The van der Waals surface area contributed by atoms with Gasteiger partial charge in [0, 0.05) is 13.5 Å². The van der Waals surface area contributed by atoms with Crippen LogP contribution in [0.25, 0.3) is 0 Å². The van der Waals surface area contributed by atoms with E-state index >= 15 is 0 Å². The molecule has 1 amide bonds. The van der Waals surface area contributed by atoms with Crippen molar-refractivity contribution in [3.8, 4) is 6.07 Å². The highest BCUT2D eigenvalue weighted by atomic mass is 16.2. The van der Waals surface area contributed by atoms with E-state index in [-0.39, 0.29) is 12.6 Å². The predicted molar refractivity (Wildman–Crippen MR) is 36.7 cm³/mol. The number of rotatable bonds is 3. The summed E-state index contributed by atoms with van der Waals surface area (Å²) in [7, 11) is 0. The molecule has 0 aliphatic carbocycles. The normalized spacial score (nSPS) is 8.50. The fourth-order valence-electron chi connectivity index (χ4n) is 0.562. The largest absolute Gasteiger partial charge is 0.329 e. The Bertz CT molecular complexity index is 150. The number of amides is 1. The molecule has 0 aliphatic rings. The SMILES string of the molecule is CC(=O)N(CN)CCC#N. The first-order valence-corrected chi connectivity index (χ1v) is 3.05. The number of nitrogens with two attached hydrogens (primary N) is 1. The average molecular weight is 141 g/mol. The van der Waals surface area contributed by atoms with E-state index in [9.17, 15) is 4.79 Å². The van der Waals surface area contributed by atoms with Gasteiger partial charge in [0.25, 0.3) is 0 Å². The lowest BCUT2D eigenvalue weighted by Crippen LogP contribution is -2.34. The van der Waals surface area contributed by atoms with Crippen LogP contribution in [0.15, 0.2) is 0 Å². The molecule has 0 rings (SSSR count). The summed E-state index contributed by atoms with van der Waals surface area (Å²) in [5.74, 6) is -0.0854. The van der Waals surface area contributed by atoms with Crippen LogP contribution in [0.5, 0.6) is 0 Å². The molecule has 0 fully saturated rings. The summed E-state index contributed by atoms with van der Waals surface area (Å²) in [6.45, 7) is 2.06. The molecule has 0 atom stereocenters. The molecule has 0 bridgehead atoms. The van der Waals surface area contributed by atoms with Crippen LogP contribution < -0.4 is 5.73 Å². The van der Waals surface area contributed by atoms with E-state index in [0.29, 0.717) is 13.0 Å². The third kappa shape index (κ3) is 3.05. The molecule has 10 heavy (non-hydrogen) atoms. The van der Waals surface area contributed by atoms with Crippen LogP contribution in [0, 0.1) is 11.3 Å². The quantitative estimate of drug-likeness (QED) is 0.547. The van der Waals surface area contributed by atoms with Crippen LogP contribution in [-0.4, -0.2) is 24.0 Å². The predicted octanol–water partition coefficient (Wildman–Crippen LogP) is -0.335. The number of nitrogens with zero attached hydrogens (tertiary/aromatic N) is 2. The maximum Gasteiger partial charge on any atom is 0.220 e. The summed E-state index contributed by atoms with van der Waals surface area (Å²) >= 11 is 0. The Labute approximate surface area is 60.2 Å². The first kappa shape index (κ1) is 8.92. The van der Waals surface area contributed by atoms with Crippen molar-refractivity contribution in [1.29, 1.82) is 5.26 Å². The van der Waals surface area contributed by atoms with Gasteiger partial charge in [-0.15, -0.1) is 0 Å². The number of hydrogen-bond donors (Lipinski definition) is 1. The summed E-state index contributed by atoms with van der Waals surface area (Å²) in [4.78, 5) is 12.0. The van der Waals surface area contributed by atoms with Crippen LogP contribution >= 0.6 is 0 Å². The van der Waals surface area contributed by atoms with Gasteiger partial charge in [-0.1, -0.05) is 0 Å². The van der Waals surface area contributed by atoms with Gasteiger partial charge in [0.1, 0.15) is 0 Å². The Morgan fingerprint density at radius 3 is 2.70 bits per heavy atom. The van der Waals surface area contributed by atoms with Gasteiger partial charge in [0.2, 0.25) is 5.91 Å². The van der Waals surface area contributed by atoms with Gasteiger partial charge < -0.3 is 10.6 Å². The third-order valence-electron chi connectivity index (χ3n) is 1.16. The van der Waals surface area contributed by atoms with Crippen molar-refractivity contribution in [3.05, 3.63) is 0 Å². The summed E-state index contributed by atoms with van der Waals surface area (Å²) in [5.41, 5.74) is 5.21. The third-order valence-corrected chi connectivity index (χ3v) is 1.16. The molecule has 0 heterocycles. The van der Waals surface area contributed by atoms with E-state index in [1.807, 2.05) is 6.07 Å². The van der Waals surface area contributed by atoms with Crippen molar-refractivity contribution >= 4 is 5.91 Å². The Kier molecular flexibility index (Phi) is 4.25. The maximum absolute atomic E-state index is 10.6. The second-order valence-corrected chi connectivity index (χ2v) is 1.87. The van der Waals surface area contributed by atoms with Gasteiger partial charge in [-0.05, 0) is 0 Å². The van der Waals surface area contributed by atoms with E-state index in [1.165, 1.54) is 11.8 Å². The van der Waals surface area contributed by atoms with Gasteiger partial charge in [0.05, 0.1) is 19.2 Å². The smallest absolute Gasteiger partial charge is 0.220 e. The van der Waals surface area contributed by atoms with Gasteiger partial charge in [-0.2, -0.15) is 5.26 Å². The molecule has 4 heteroatoms. The Hall–Kier alpha value is -1.08. The van der Waals surface area contributed by atoms with Crippen LogP contribution in [-0.2, 0) is 4.79 Å². The second-order valence-electron chi connectivity index (χ2n) is 1.87. The minimum absolute atomic E-state index is 0.0854. The molecular weight excluding hydrogens is 130 g/mol. The molecule has 0 saturated heterocycles. The van der Waals surface area contributed by atoms with Crippen molar-refractivity contribution < 1.29 is 4.79 Å². The number of carbonyl (C=O) groups excluding carboxylic acids is 1. The lowest BCUT2D eigenvalue weighted by Gasteiger charge is -2.15.